The van der Waals surface area contributed by atoms with Gasteiger partial charge in [0.15, 0.2) is 0 Å². The number of nitrogens with zero attached hydrogens (tertiary/aromatic N) is 2. The monoisotopic (exact) mass is 230 g/mol. The van der Waals surface area contributed by atoms with Crippen LogP contribution in [0.15, 0.2) is 36.5 Å². The van der Waals surface area contributed by atoms with Crippen molar-refractivity contribution in [2.75, 3.05) is 0 Å². The molecule has 17 heavy (non-hydrogen) atoms. The van der Waals surface area contributed by atoms with Gasteiger partial charge in [-0.25, -0.2) is 4.68 Å². The third-order valence-corrected chi connectivity index (χ3v) is 2.66. The normalized spacial score (nSPS) is 10.9. The average Bonchev–Trinajstić information content (AvgIpc) is 2.78. The lowest BCUT2D eigenvalue weighted by molar-refractivity contribution is 0.426. The van der Waals surface area contributed by atoms with Crippen LogP contribution in [0, 0.1) is 0 Å². The maximum atomic E-state index is 9.00. The van der Waals surface area contributed by atoms with Gasteiger partial charge in [0.25, 0.3) is 0 Å². The van der Waals surface area contributed by atoms with Gasteiger partial charge in [-0.15, -0.1) is 0 Å². The zero-order chi connectivity index (χ0) is 12.4. The summed E-state index contributed by atoms with van der Waals surface area (Å²) in [6.45, 7) is 4.19. The van der Waals surface area contributed by atoms with Gasteiger partial charge in [-0.3, -0.25) is 0 Å². The molecule has 0 atom stereocenters. The standard InChI is InChI=1S/C12H15BN2O2/c1-9(2)12-7-8-15(14-12)11-5-3-10(4-6-11)13(16)17/h3-9,16-17H,1-2H3. The van der Waals surface area contributed by atoms with Crippen molar-refractivity contribution in [3.8, 4) is 5.69 Å². The summed E-state index contributed by atoms with van der Waals surface area (Å²) in [4.78, 5) is 0. The summed E-state index contributed by atoms with van der Waals surface area (Å²) in [5.74, 6) is 0.398. The Balaban J connectivity index is 2.27. The van der Waals surface area contributed by atoms with Gasteiger partial charge in [0, 0.05) is 6.20 Å². The van der Waals surface area contributed by atoms with E-state index in [9.17, 15) is 0 Å². The molecule has 0 aliphatic rings. The fourth-order valence-electron chi connectivity index (χ4n) is 1.59. The molecule has 2 rings (SSSR count). The molecule has 0 fully saturated rings. The summed E-state index contributed by atoms with van der Waals surface area (Å²) >= 11 is 0. The number of rotatable bonds is 3. The first-order valence-electron chi connectivity index (χ1n) is 5.60. The highest BCUT2D eigenvalue weighted by molar-refractivity contribution is 6.58. The molecule has 0 bridgehead atoms. The van der Waals surface area contributed by atoms with Crippen LogP contribution in [0.25, 0.3) is 5.69 Å². The van der Waals surface area contributed by atoms with E-state index in [2.05, 4.69) is 18.9 Å². The summed E-state index contributed by atoms with van der Waals surface area (Å²) in [5, 5.41) is 22.4. The first-order valence-corrected chi connectivity index (χ1v) is 5.60. The van der Waals surface area contributed by atoms with E-state index < -0.39 is 7.12 Å². The van der Waals surface area contributed by atoms with Crippen molar-refractivity contribution in [2.45, 2.75) is 19.8 Å². The molecule has 0 aliphatic heterocycles. The summed E-state index contributed by atoms with van der Waals surface area (Å²) in [6, 6.07) is 8.96. The van der Waals surface area contributed by atoms with Gasteiger partial charge in [-0.2, -0.15) is 5.10 Å². The molecule has 0 aliphatic carbocycles. The number of aromatic nitrogens is 2. The molecule has 88 valence electrons. The van der Waals surface area contributed by atoms with Crippen molar-refractivity contribution in [1.29, 1.82) is 0 Å². The lowest BCUT2D eigenvalue weighted by atomic mass is 9.80. The molecular formula is C12H15BN2O2. The minimum absolute atomic E-state index is 0.398. The minimum atomic E-state index is -1.42. The molecule has 1 heterocycles. The van der Waals surface area contributed by atoms with E-state index >= 15 is 0 Å². The molecule has 0 spiro atoms. The minimum Gasteiger partial charge on any atom is -0.423 e. The van der Waals surface area contributed by atoms with Gasteiger partial charge in [-0.1, -0.05) is 26.0 Å². The van der Waals surface area contributed by atoms with Crippen LogP contribution in [-0.2, 0) is 0 Å². The molecule has 1 aromatic carbocycles. The van der Waals surface area contributed by atoms with Crippen LogP contribution in [0.2, 0.25) is 0 Å². The van der Waals surface area contributed by atoms with Gasteiger partial charge >= 0.3 is 7.12 Å². The van der Waals surface area contributed by atoms with Crippen molar-refractivity contribution in [3.05, 3.63) is 42.2 Å². The molecule has 0 radical (unpaired) electrons. The Labute approximate surface area is 101 Å². The largest absolute Gasteiger partial charge is 0.488 e. The second kappa shape index (κ2) is 4.73. The van der Waals surface area contributed by atoms with Crippen LogP contribution in [0.4, 0.5) is 0 Å². The van der Waals surface area contributed by atoms with Crippen LogP contribution < -0.4 is 5.46 Å². The zero-order valence-corrected chi connectivity index (χ0v) is 9.91. The quantitative estimate of drug-likeness (QED) is 0.762. The molecule has 0 saturated carbocycles. The molecule has 2 N–H and O–H groups in total. The topological polar surface area (TPSA) is 58.3 Å². The van der Waals surface area contributed by atoms with Gasteiger partial charge in [0.1, 0.15) is 0 Å². The van der Waals surface area contributed by atoms with E-state index in [1.165, 1.54) is 0 Å². The summed E-state index contributed by atoms with van der Waals surface area (Å²) in [5.41, 5.74) is 2.42. The Morgan fingerprint density at radius 3 is 2.24 bits per heavy atom. The van der Waals surface area contributed by atoms with Crippen molar-refractivity contribution >= 4 is 12.6 Å². The molecular weight excluding hydrogens is 215 g/mol. The van der Waals surface area contributed by atoms with Gasteiger partial charge in [-0.05, 0) is 29.6 Å². The van der Waals surface area contributed by atoms with Crippen molar-refractivity contribution < 1.29 is 10.0 Å². The van der Waals surface area contributed by atoms with Crippen LogP contribution in [0.1, 0.15) is 25.5 Å². The van der Waals surface area contributed by atoms with E-state index in [-0.39, 0.29) is 0 Å². The van der Waals surface area contributed by atoms with Crippen molar-refractivity contribution in [2.24, 2.45) is 0 Å². The third-order valence-electron chi connectivity index (χ3n) is 2.66. The van der Waals surface area contributed by atoms with Crippen LogP contribution >= 0.6 is 0 Å². The lowest BCUT2D eigenvalue weighted by Gasteiger charge is -2.04. The first kappa shape index (κ1) is 11.9. The van der Waals surface area contributed by atoms with E-state index in [0.29, 0.717) is 11.4 Å². The molecule has 0 unspecified atom stereocenters. The Kier molecular flexibility index (Phi) is 3.31. The van der Waals surface area contributed by atoms with Crippen LogP contribution in [0.3, 0.4) is 0 Å². The second-order valence-corrected chi connectivity index (χ2v) is 4.31. The van der Waals surface area contributed by atoms with Crippen molar-refractivity contribution in [1.82, 2.24) is 9.78 Å². The zero-order valence-electron chi connectivity index (χ0n) is 9.91. The average molecular weight is 230 g/mol. The number of hydrogen-bond acceptors (Lipinski definition) is 3. The smallest absolute Gasteiger partial charge is 0.423 e. The predicted octanol–water partition coefficient (Wildman–Crippen LogP) is 0.675. The highest BCUT2D eigenvalue weighted by atomic mass is 16.4. The van der Waals surface area contributed by atoms with Gasteiger partial charge in [0.2, 0.25) is 0 Å². The fourth-order valence-corrected chi connectivity index (χ4v) is 1.59. The Morgan fingerprint density at radius 2 is 1.76 bits per heavy atom. The maximum absolute atomic E-state index is 9.00. The molecule has 1 aromatic heterocycles. The summed E-state index contributed by atoms with van der Waals surface area (Å²) in [7, 11) is -1.42. The van der Waals surface area contributed by atoms with E-state index in [1.54, 1.807) is 16.8 Å². The molecule has 2 aromatic rings. The Bertz CT molecular complexity index is 491. The summed E-state index contributed by atoms with van der Waals surface area (Å²) < 4.78 is 1.78. The number of benzene rings is 1. The highest BCUT2D eigenvalue weighted by Gasteiger charge is 2.10. The fraction of sp³-hybridized carbons (Fsp3) is 0.250. The van der Waals surface area contributed by atoms with Gasteiger partial charge < -0.3 is 10.0 Å². The third kappa shape index (κ3) is 2.57. The maximum Gasteiger partial charge on any atom is 0.488 e. The van der Waals surface area contributed by atoms with E-state index in [0.717, 1.165) is 11.4 Å². The SMILES string of the molecule is CC(C)c1ccn(-c2ccc(B(O)O)cc2)n1. The predicted molar refractivity (Wildman–Crippen MR) is 67.5 cm³/mol. The lowest BCUT2D eigenvalue weighted by Crippen LogP contribution is -2.29. The van der Waals surface area contributed by atoms with Gasteiger partial charge in [0.05, 0.1) is 11.4 Å². The summed E-state index contributed by atoms with van der Waals surface area (Å²) in [6.07, 6.45) is 1.90. The molecule has 4 nitrogen and oxygen atoms in total. The number of hydrogen-bond donors (Lipinski definition) is 2. The van der Waals surface area contributed by atoms with Crippen LogP contribution in [-0.4, -0.2) is 26.9 Å². The van der Waals surface area contributed by atoms with Crippen molar-refractivity contribution in [3.63, 3.8) is 0 Å². The second-order valence-electron chi connectivity index (χ2n) is 4.31. The van der Waals surface area contributed by atoms with E-state index in [1.807, 2.05) is 24.4 Å². The van der Waals surface area contributed by atoms with Crippen LogP contribution in [0.5, 0.6) is 0 Å². The molecule has 0 amide bonds. The highest BCUT2D eigenvalue weighted by Crippen LogP contribution is 2.13. The Morgan fingerprint density at radius 1 is 1.12 bits per heavy atom. The Hall–Kier alpha value is -1.59. The molecule has 0 saturated heterocycles. The van der Waals surface area contributed by atoms with E-state index in [4.69, 9.17) is 10.0 Å². The first-order chi connectivity index (χ1) is 8.08. The molecule has 5 heteroatoms.